The molecule has 0 amide bonds. The van der Waals surface area contributed by atoms with Crippen molar-refractivity contribution in [3.05, 3.63) is 47.7 Å². The SMILES string of the molecule is c1ccc2c(c1)CCN(c1ccnc(NC3CCCCCC3)n1)C2. The van der Waals surface area contributed by atoms with Gasteiger partial charge in [-0.1, -0.05) is 49.9 Å². The molecule has 0 radical (unpaired) electrons. The molecule has 0 atom stereocenters. The molecule has 126 valence electrons. The third-order valence-electron chi connectivity index (χ3n) is 5.28. The molecule has 2 aliphatic rings. The second-order valence-electron chi connectivity index (χ2n) is 7.01. The van der Waals surface area contributed by atoms with Crippen LogP contribution < -0.4 is 10.2 Å². The first-order valence-corrected chi connectivity index (χ1v) is 9.30. The van der Waals surface area contributed by atoms with Gasteiger partial charge in [-0.15, -0.1) is 0 Å². The van der Waals surface area contributed by atoms with E-state index in [4.69, 9.17) is 4.98 Å². The monoisotopic (exact) mass is 322 g/mol. The maximum atomic E-state index is 4.80. The minimum Gasteiger partial charge on any atom is -0.352 e. The van der Waals surface area contributed by atoms with Crippen LogP contribution in [0.5, 0.6) is 0 Å². The zero-order chi connectivity index (χ0) is 16.2. The molecule has 0 saturated heterocycles. The van der Waals surface area contributed by atoms with E-state index in [2.05, 4.69) is 39.5 Å². The van der Waals surface area contributed by atoms with Crippen molar-refractivity contribution in [1.29, 1.82) is 0 Å². The summed E-state index contributed by atoms with van der Waals surface area (Å²) in [5.41, 5.74) is 2.89. The third kappa shape index (κ3) is 3.53. The van der Waals surface area contributed by atoms with Crippen molar-refractivity contribution >= 4 is 11.8 Å². The van der Waals surface area contributed by atoms with E-state index in [1.165, 1.54) is 49.7 Å². The van der Waals surface area contributed by atoms with Crippen LogP contribution in [0, 0.1) is 0 Å². The summed E-state index contributed by atoms with van der Waals surface area (Å²) in [5.74, 6) is 1.83. The van der Waals surface area contributed by atoms with Crippen LogP contribution in [-0.4, -0.2) is 22.6 Å². The molecule has 24 heavy (non-hydrogen) atoms. The Morgan fingerprint density at radius 2 is 1.75 bits per heavy atom. The summed E-state index contributed by atoms with van der Waals surface area (Å²) < 4.78 is 0. The number of fused-ring (bicyclic) bond motifs is 1. The summed E-state index contributed by atoms with van der Waals surface area (Å²) in [6, 6.07) is 11.3. The van der Waals surface area contributed by atoms with E-state index in [0.29, 0.717) is 6.04 Å². The van der Waals surface area contributed by atoms with Crippen molar-refractivity contribution in [2.75, 3.05) is 16.8 Å². The molecule has 2 aromatic rings. The lowest BCUT2D eigenvalue weighted by atomic mass is 10.00. The van der Waals surface area contributed by atoms with Crippen LogP contribution in [0.2, 0.25) is 0 Å². The molecular weight excluding hydrogens is 296 g/mol. The first kappa shape index (κ1) is 15.4. The lowest BCUT2D eigenvalue weighted by Gasteiger charge is -2.30. The van der Waals surface area contributed by atoms with Crippen molar-refractivity contribution in [2.45, 2.75) is 57.5 Å². The maximum Gasteiger partial charge on any atom is 0.224 e. The van der Waals surface area contributed by atoms with Crippen LogP contribution in [0.15, 0.2) is 36.5 Å². The van der Waals surface area contributed by atoms with Gasteiger partial charge in [-0.2, -0.15) is 4.98 Å². The maximum absolute atomic E-state index is 4.80. The fourth-order valence-corrected chi connectivity index (χ4v) is 3.89. The smallest absolute Gasteiger partial charge is 0.224 e. The second kappa shape index (κ2) is 7.20. The molecule has 4 heteroatoms. The molecule has 1 aromatic heterocycles. The molecule has 4 nitrogen and oxygen atoms in total. The Morgan fingerprint density at radius 1 is 0.958 bits per heavy atom. The van der Waals surface area contributed by atoms with Crippen molar-refractivity contribution in [2.24, 2.45) is 0 Å². The van der Waals surface area contributed by atoms with Crippen LogP contribution in [-0.2, 0) is 13.0 Å². The Labute approximate surface area is 144 Å². The molecule has 0 unspecified atom stereocenters. The van der Waals surface area contributed by atoms with Crippen LogP contribution in [0.3, 0.4) is 0 Å². The number of nitrogens with one attached hydrogen (secondary N) is 1. The second-order valence-corrected chi connectivity index (χ2v) is 7.01. The van der Waals surface area contributed by atoms with E-state index < -0.39 is 0 Å². The van der Waals surface area contributed by atoms with Gasteiger partial charge in [0.05, 0.1) is 0 Å². The lowest BCUT2D eigenvalue weighted by molar-refractivity contribution is 0.614. The number of benzene rings is 1. The van der Waals surface area contributed by atoms with Crippen molar-refractivity contribution < 1.29 is 0 Å². The highest BCUT2D eigenvalue weighted by molar-refractivity contribution is 5.46. The summed E-state index contributed by atoms with van der Waals surface area (Å²) >= 11 is 0. The molecule has 1 N–H and O–H groups in total. The Bertz CT molecular complexity index is 677. The molecule has 1 fully saturated rings. The predicted octanol–water partition coefficient (Wildman–Crippen LogP) is 4.17. The van der Waals surface area contributed by atoms with E-state index >= 15 is 0 Å². The molecule has 1 aromatic carbocycles. The highest BCUT2D eigenvalue weighted by Crippen LogP contribution is 2.24. The topological polar surface area (TPSA) is 41.1 Å². The average Bonchev–Trinajstić information content (AvgIpc) is 2.90. The highest BCUT2D eigenvalue weighted by Gasteiger charge is 2.18. The summed E-state index contributed by atoms with van der Waals surface area (Å²) in [6.45, 7) is 1.97. The fourth-order valence-electron chi connectivity index (χ4n) is 3.89. The average molecular weight is 322 g/mol. The normalized spacial score (nSPS) is 18.8. The van der Waals surface area contributed by atoms with Crippen LogP contribution >= 0.6 is 0 Å². The van der Waals surface area contributed by atoms with Gasteiger partial charge in [-0.25, -0.2) is 4.98 Å². The van der Waals surface area contributed by atoms with Gasteiger partial charge in [-0.05, 0) is 36.5 Å². The molecule has 1 aliphatic carbocycles. The van der Waals surface area contributed by atoms with Gasteiger partial charge in [0.15, 0.2) is 0 Å². The zero-order valence-corrected chi connectivity index (χ0v) is 14.2. The molecule has 0 spiro atoms. The first-order valence-electron chi connectivity index (χ1n) is 9.30. The van der Waals surface area contributed by atoms with Gasteiger partial charge in [0.1, 0.15) is 5.82 Å². The quantitative estimate of drug-likeness (QED) is 0.861. The Kier molecular flexibility index (Phi) is 4.63. The number of anilines is 2. The summed E-state index contributed by atoms with van der Waals surface area (Å²) in [6.07, 6.45) is 10.8. The third-order valence-corrected chi connectivity index (χ3v) is 5.28. The van der Waals surface area contributed by atoms with E-state index in [0.717, 1.165) is 31.3 Å². The van der Waals surface area contributed by atoms with Crippen LogP contribution in [0.4, 0.5) is 11.8 Å². The minimum absolute atomic E-state index is 0.532. The molecule has 1 aliphatic heterocycles. The van der Waals surface area contributed by atoms with Crippen molar-refractivity contribution in [1.82, 2.24) is 9.97 Å². The standard InChI is InChI=1S/C20H26N4/c1-2-4-10-18(9-3-1)22-20-21-13-11-19(23-20)24-14-12-16-7-5-6-8-17(16)15-24/h5-8,11,13,18H,1-4,9-10,12,14-15H2,(H,21,22,23). The number of nitrogens with zero attached hydrogens (tertiary/aromatic N) is 3. The number of hydrogen-bond donors (Lipinski definition) is 1. The van der Waals surface area contributed by atoms with Gasteiger partial charge < -0.3 is 10.2 Å². The molecule has 2 heterocycles. The molecular formula is C20H26N4. The number of aromatic nitrogens is 2. The van der Waals surface area contributed by atoms with Gasteiger partial charge in [0.25, 0.3) is 0 Å². The molecule has 4 rings (SSSR count). The highest BCUT2D eigenvalue weighted by atomic mass is 15.2. The predicted molar refractivity (Wildman–Crippen MR) is 98.3 cm³/mol. The van der Waals surface area contributed by atoms with E-state index in [9.17, 15) is 0 Å². The number of hydrogen-bond acceptors (Lipinski definition) is 4. The minimum atomic E-state index is 0.532. The van der Waals surface area contributed by atoms with Crippen LogP contribution in [0.1, 0.15) is 49.7 Å². The van der Waals surface area contributed by atoms with E-state index in [1.54, 1.807) is 0 Å². The summed E-state index contributed by atoms with van der Waals surface area (Å²) in [4.78, 5) is 11.6. The van der Waals surface area contributed by atoms with Gasteiger partial charge in [-0.3, -0.25) is 0 Å². The zero-order valence-electron chi connectivity index (χ0n) is 14.2. The molecule has 0 bridgehead atoms. The van der Waals surface area contributed by atoms with Crippen LogP contribution in [0.25, 0.3) is 0 Å². The largest absolute Gasteiger partial charge is 0.352 e. The summed E-state index contributed by atoms with van der Waals surface area (Å²) in [7, 11) is 0. The summed E-state index contributed by atoms with van der Waals surface area (Å²) in [5, 5.41) is 3.57. The van der Waals surface area contributed by atoms with E-state index in [1.807, 2.05) is 12.3 Å². The van der Waals surface area contributed by atoms with Gasteiger partial charge in [0.2, 0.25) is 5.95 Å². The Balaban J connectivity index is 1.47. The Hall–Kier alpha value is -2.10. The van der Waals surface area contributed by atoms with Gasteiger partial charge >= 0.3 is 0 Å². The first-order chi connectivity index (χ1) is 11.9. The van der Waals surface area contributed by atoms with Crippen molar-refractivity contribution in [3.63, 3.8) is 0 Å². The Morgan fingerprint density at radius 3 is 2.58 bits per heavy atom. The van der Waals surface area contributed by atoms with Crippen molar-refractivity contribution in [3.8, 4) is 0 Å². The number of rotatable bonds is 3. The lowest BCUT2D eigenvalue weighted by Crippen LogP contribution is -2.31. The van der Waals surface area contributed by atoms with E-state index in [-0.39, 0.29) is 0 Å². The molecule has 1 saturated carbocycles. The fraction of sp³-hybridized carbons (Fsp3) is 0.500. The van der Waals surface area contributed by atoms with Gasteiger partial charge in [0, 0.05) is 25.3 Å².